The SMILES string of the molecule is COc1cc(C)cc2oc(=O)c(CC(=O)N[C@@H](CC(C)C)C(=O)O)c(C)c12. The first kappa shape index (κ1) is 20.5. The van der Waals surface area contributed by atoms with Crippen molar-refractivity contribution in [1.29, 1.82) is 0 Å². The summed E-state index contributed by atoms with van der Waals surface area (Å²) >= 11 is 0. The molecule has 1 heterocycles. The summed E-state index contributed by atoms with van der Waals surface area (Å²) in [6, 6.07) is 2.56. The van der Waals surface area contributed by atoms with Crippen LogP contribution in [0, 0.1) is 19.8 Å². The maximum Gasteiger partial charge on any atom is 0.340 e. The van der Waals surface area contributed by atoms with E-state index in [2.05, 4.69) is 5.32 Å². The molecular formula is C20H25NO6. The molecule has 0 aliphatic heterocycles. The van der Waals surface area contributed by atoms with Gasteiger partial charge in [0.05, 0.1) is 24.5 Å². The van der Waals surface area contributed by atoms with Gasteiger partial charge in [-0.3, -0.25) is 4.79 Å². The molecule has 2 aromatic rings. The minimum absolute atomic E-state index is 0.103. The van der Waals surface area contributed by atoms with E-state index >= 15 is 0 Å². The van der Waals surface area contributed by atoms with Crippen LogP contribution in [0.3, 0.4) is 0 Å². The molecule has 1 atom stereocenters. The molecule has 2 rings (SSSR count). The highest BCUT2D eigenvalue weighted by Crippen LogP contribution is 2.30. The maximum absolute atomic E-state index is 12.4. The second-order valence-electron chi connectivity index (χ2n) is 7.10. The Morgan fingerprint density at radius 2 is 1.93 bits per heavy atom. The van der Waals surface area contributed by atoms with Crippen molar-refractivity contribution >= 4 is 22.8 Å². The molecular weight excluding hydrogens is 350 g/mol. The highest BCUT2D eigenvalue weighted by atomic mass is 16.5. The second-order valence-corrected chi connectivity index (χ2v) is 7.10. The van der Waals surface area contributed by atoms with Crippen molar-refractivity contribution in [3.63, 3.8) is 0 Å². The minimum Gasteiger partial charge on any atom is -0.496 e. The molecule has 0 bridgehead atoms. The molecule has 0 aliphatic rings. The van der Waals surface area contributed by atoms with E-state index in [0.717, 1.165) is 5.56 Å². The van der Waals surface area contributed by atoms with Gasteiger partial charge in [-0.1, -0.05) is 13.8 Å². The van der Waals surface area contributed by atoms with Gasteiger partial charge in [-0.05, 0) is 49.4 Å². The Hall–Kier alpha value is -2.83. The Morgan fingerprint density at radius 1 is 1.26 bits per heavy atom. The molecule has 7 nitrogen and oxygen atoms in total. The number of aryl methyl sites for hydroxylation is 2. The average Bonchev–Trinajstić information content (AvgIpc) is 2.56. The normalized spacial score (nSPS) is 12.2. The lowest BCUT2D eigenvalue weighted by molar-refractivity contribution is -0.142. The number of nitrogens with one attached hydrogen (secondary N) is 1. The first-order valence-corrected chi connectivity index (χ1v) is 8.77. The second kappa shape index (κ2) is 8.24. The number of aliphatic carboxylic acids is 1. The Balaban J connectivity index is 2.38. The number of hydrogen-bond donors (Lipinski definition) is 2. The number of hydrogen-bond acceptors (Lipinski definition) is 5. The molecule has 1 amide bonds. The number of amides is 1. The van der Waals surface area contributed by atoms with Crippen LogP contribution in [-0.4, -0.2) is 30.1 Å². The number of fused-ring (bicyclic) bond motifs is 1. The van der Waals surface area contributed by atoms with Crippen LogP contribution in [-0.2, 0) is 16.0 Å². The van der Waals surface area contributed by atoms with E-state index in [-0.39, 0.29) is 17.9 Å². The summed E-state index contributed by atoms with van der Waals surface area (Å²) in [5.74, 6) is -0.983. The molecule has 0 spiro atoms. The highest BCUT2D eigenvalue weighted by Gasteiger charge is 2.23. The molecule has 27 heavy (non-hydrogen) atoms. The topological polar surface area (TPSA) is 106 Å². The number of carboxylic acids is 1. The number of carbonyl (C=O) groups excluding carboxylic acids is 1. The predicted octanol–water partition coefficient (Wildman–Crippen LogP) is 2.58. The third-order valence-electron chi connectivity index (χ3n) is 4.38. The Morgan fingerprint density at radius 3 is 2.48 bits per heavy atom. The summed E-state index contributed by atoms with van der Waals surface area (Å²) in [6.45, 7) is 7.33. The third-order valence-corrected chi connectivity index (χ3v) is 4.38. The van der Waals surface area contributed by atoms with Gasteiger partial charge in [-0.2, -0.15) is 0 Å². The number of methoxy groups -OCH3 is 1. The summed E-state index contributed by atoms with van der Waals surface area (Å²) in [7, 11) is 1.52. The van der Waals surface area contributed by atoms with Crippen LogP contribution in [0.2, 0.25) is 0 Å². The molecule has 146 valence electrons. The first-order chi connectivity index (χ1) is 12.6. The van der Waals surface area contributed by atoms with E-state index in [9.17, 15) is 19.5 Å². The summed E-state index contributed by atoms with van der Waals surface area (Å²) in [5.41, 5.74) is 1.44. The van der Waals surface area contributed by atoms with E-state index in [1.165, 1.54) is 7.11 Å². The van der Waals surface area contributed by atoms with Crippen molar-refractivity contribution in [2.24, 2.45) is 5.92 Å². The van der Waals surface area contributed by atoms with E-state index in [1.54, 1.807) is 13.0 Å². The number of rotatable bonds is 7. The van der Waals surface area contributed by atoms with Gasteiger partial charge in [0, 0.05) is 0 Å². The lowest BCUT2D eigenvalue weighted by Crippen LogP contribution is -2.42. The van der Waals surface area contributed by atoms with Crippen molar-refractivity contribution in [2.45, 2.75) is 46.6 Å². The van der Waals surface area contributed by atoms with Crippen molar-refractivity contribution in [3.8, 4) is 5.75 Å². The quantitative estimate of drug-likeness (QED) is 0.721. The average molecular weight is 375 g/mol. The van der Waals surface area contributed by atoms with Gasteiger partial charge >= 0.3 is 11.6 Å². The summed E-state index contributed by atoms with van der Waals surface area (Å²) in [4.78, 5) is 36.1. The smallest absolute Gasteiger partial charge is 0.340 e. The molecule has 0 radical (unpaired) electrons. The van der Waals surface area contributed by atoms with Gasteiger partial charge in [0.2, 0.25) is 5.91 Å². The van der Waals surface area contributed by atoms with Gasteiger partial charge in [0.1, 0.15) is 17.4 Å². The van der Waals surface area contributed by atoms with E-state index in [4.69, 9.17) is 9.15 Å². The Kier molecular flexibility index (Phi) is 6.25. The first-order valence-electron chi connectivity index (χ1n) is 8.77. The van der Waals surface area contributed by atoms with E-state index < -0.39 is 23.5 Å². The monoisotopic (exact) mass is 375 g/mol. The zero-order valence-corrected chi connectivity index (χ0v) is 16.2. The summed E-state index contributed by atoms with van der Waals surface area (Å²) in [5, 5.41) is 12.4. The molecule has 0 saturated carbocycles. The van der Waals surface area contributed by atoms with Crippen LogP contribution in [0.5, 0.6) is 5.75 Å². The van der Waals surface area contributed by atoms with Crippen molar-refractivity contribution in [3.05, 3.63) is 39.2 Å². The van der Waals surface area contributed by atoms with Gasteiger partial charge in [0.25, 0.3) is 0 Å². The zero-order chi connectivity index (χ0) is 20.3. The Labute approximate surface area is 157 Å². The van der Waals surface area contributed by atoms with Gasteiger partial charge in [-0.15, -0.1) is 0 Å². The number of carbonyl (C=O) groups is 2. The van der Waals surface area contributed by atoms with Gasteiger partial charge in [-0.25, -0.2) is 9.59 Å². The molecule has 7 heteroatoms. The van der Waals surface area contributed by atoms with Crippen LogP contribution < -0.4 is 15.7 Å². The van der Waals surface area contributed by atoms with E-state index in [0.29, 0.717) is 28.7 Å². The van der Waals surface area contributed by atoms with Crippen LogP contribution in [0.1, 0.15) is 37.0 Å². The minimum atomic E-state index is -1.10. The molecule has 0 saturated heterocycles. The Bertz CT molecular complexity index is 928. The molecule has 0 aliphatic carbocycles. The third kappa shape index (κ3) is 4.67. The lowest BCUT2D eigenvalue weighted by Gasteiger charge is -2.17. The van der Waals surface area contributed by atoms with Crippen LogP contribution in [0.25, 0.3) is 11.0 Å². The summed E-state index contributed by atoms with van der Waals surface area (Å²) in [6.07, 6.45) is 0.0441. The molecule has 0 unspecified atom stereocenters. The fraction of sp³-hybridized carbons (Fsp3) is 0.450. The van der Waals surface area contributed by atoms with Crippen LogP contribution >= 0.6 is 0 Å². The van der Waals surface area contributed by atoms with Crippen LogP contribution in [0.15, 0.2) is 21.3 Å². The predicted molar refractivity (Wildman–Crippen MR) is 101 cm³/mol. The summed E-state index contributed by atoms with van der Waals surface area (Å²) < 4.78 is 10.8. The van der Waals surface area contributed by atoms with Crippen molar-refractivity contribution in [1.82, 2.24) is 5.32 Å². The standard InChI is InChI=1S/C20H25NO6/c1-10(2)6-14(19(23)24)21-17(22)9-13-12(4)18-15(26-5)7-11(3)8-16(18)27-20(13)25/h7-8,10,14H,6,9H2,1-5H3,(H,21,22)(H,23,24)/t14-/m0/s1. The molecule has 1 aromatic carbocycles. The number of carboxylic acid groups (broad SMARTS) is 1. The lowest BCUT2D eigenvalue weighted by atomic mass is 10.0. The zero-order valence-electron chi connectivity index (χ0n) is 16.2. The number of ether oxygens (including phenoxy) is 1. The van der Waals surface area contributed by atoms with Crippen molar-refractivity contribution in [2.75, 3.05) is 7.11 Å². The van der Waals surface area contributed by atoms with Gasteiger partial charge < -0.3 is 19.6 Å². The maximum atomic E-state index is 12.4. The molecule has 0 fully saturated rings. The van der Waals surface area contributed by atoms with Crippen molar-refractivity contribution < 1.29 is 23.8 Å². The fourth-order valence-electron chi connectivity index (χ4n) is 3.10. The fourth-order valence-corrected chi connectivity index (χ4v) is 3.10. The largest absolute Gasteiger partial charge is 0.496 e. The molecule has 2 N–H and O–H groups in total. The van der Waals surface area contributed by atoms with E-state index in [1.807, 2.05) is 26.8 Å². The highest BCUT2D eigenvalue weighted by molar-refractivity contribution is 5.90. The van der Waals surface area contributed by atoms with Gasteiger partial charge in [0.15, 0.2) is 0 Å². The molecule has 1 aromatic heterocycles. The van der Waals surface area contributed by atoms with Crippen LogP contribution in [0.4, 0.5) is 0 Å². The number of benzene rings is 1.